The summed E-state index contributed by atoms with van der Waals surface area (Å²) >= 11 is 0. The van der Waals surface area contributed by atoms with Crippen LogP contribution in [0.25, 0.3) is 10.9 Å². The van der Waals surface area contributed by atoms with Gasteiger partial charge in [0.2, 0.25) is 0 Å². The van der Waals surface area contributed by atoms with Gasteiger partial charge in [-0.15, -0.1) is 0 Å². The van der Waals surface area contributed by atoms with Crippen LogP contribution in [-0.2, 0) is 42.9 Å². The quantitative estimate of drug-likeness (QED) is 0.597. The van der Waals surface area contributed by atoms with Crippen LogP contribution in [0.5, 0.6) is 0 Å². The number of rotatable bonds is 4. The average Bonchev–Trinajstić information content (AvgIpc) is 3.40. The minimum atomic E-state index is -4.08. The molecule has 2 aliphatic carbocycles. The third kappa shape index (κ3) is 3.39. The van der Waals surface area contributed by atoms with Crippen molar-refractivity contribution in [3.63, 3.8) is 0 Å². The zero-order valence-corrected chi connectivity index (χ0v) is 17.5. The molecule has 0 atom stereocenters. The summed E-state index contributed by atoms with van der Waals surface area (Å²) in [5, 5.41) is 7.78. The molecule has 0 fully saturated rings. The Bertz CT molecular complexity index is 1250. The van der Waals surface area contributed by atoms with E-state index in [0.717, 1.165) is 66.2 Å². The number of fused-ring (bicyclic) bond motifs is 3. The zero-order valence-electron chi connectivity index (χ0n) is 16.7. The van der Waals surface area contributed by atoms with E-state index in [1.807, 2.05) is 7.05 Å². The maximum Gasteiger partial charge on any atom is 0.334 e. The molecule has 0 radical (unpaired) electrons. The third-order valence-corrected chi connectivity index (χ3v) is 6.90. The van der Waals surface area contributed by atoms with E-state index in [1.165, 1.54) is 11.1 Å². The van der Waals surface area contributed by atoms with Crippen molar-refractivity contribution in [2.24, 2.45) is 7.05 Å². The van der Waals surface area contributed by atoms with Crippen LogP contribution >= 0.6 is 0 Å². The lowest BCUT2D eigenvalue weighted by atomic mass is 9.99. The van der Waals surface area contributed by atoms with Crippen molar-refractivity contribution in [1.82, 2.24) is 14.5 Å². The number of hydrogen-bond acceptors (Lipinski definition) is 4. The van der Waals surface area contributed by atoms with Crippen molar-refractivity contribution in [1.29, 1.82) is 0 Å². The number of hydrogen-bond donors (Lipinski definition) is 3. The number of aromatic nitrogens is 2. The van der Waals surface area contributed by atoms with Crippen LogP contribution in [0.3, 0.4) is 0 Å². The number of urea groups is 1. The molecule has 0 saturated carbocycles. The van der Waals surface area contributed by atoms with E-state index in [1.54, 1.807) is 29.1 Å². The Balaban J connectivity index is 1.34. The van der Waals surface area contributed by atoms with Crippen LogP contribution in [0.1, 0.15) is 35.1 Å². The second-order valence-corrected chi connectivity index (χ2v) is 9.35. The molecule has 0 aliphatic heterocycles. The smallest absolute Gasteiger partial charge is 0.307 e. The summed E-state index contributed by atoms with van der Waals surface area (Å²) in [6.45, 7) is 0. The summed E-state index contributed by atoms with van der Waals surface area (Å²) in [5.41, 5.74) is 6.90. The van der Waals surface area contributed by atoms with Crippen LogP contribution in [0.4, 0.5) is 16.2 Å². The number of nitrogens with one attached hydrogen (secondary N) is 3. The van der Waals surface area contributed by atoms with E-state index in [4.69, 9.17) is 0 Å². The monoisotopic (exact) mass is 425 g/mol. The van der Waals surface area contributed by atoms with Gasteiger partial charge in [0.25, 0.3) is 0 Å². The van der Waals surface area contributed by atoms with Gasteiger partial charge < -0.3 is 5.32 Å². The first-order valence-corrected chi connectivity index (χ1v) is 11.6. The van der Waals surface area contributed by atoms with E-state index in [2.05, 4.69) is 25.9 Å². The molecular formula is C21H23N5O3S. The maximum atomic E-state index is 12.6. The molecule has 30 heavy (non-hydrogen) atoms. The third-order valence-electron chi connectivity index (χ3n) is 5.94. The predicted molar refractivity (Wildman–Crippen MR) is 116 cm³/mol. The van der Waals surface area contributed by atoms with Crippen LogP contribution in [0.15, 0.2) is 30.5 Å². The largest absolute Gasteiger partial charge is 0.334 e. The van der Waals surface area contributed by atoms with E-state index in [9.17, 15) is 13.2 Å². The predicted octanol–water partition coefficient (Wildman–Crippen LogP) is 3.03. The summed E-state index contributed by atoms with van der Waals surface area (Å²) in [5.74, 6) is 0. The summed E-state index contributed by atoms with van der Waals surface area (Å²) in [4.78, 5) is 12.6. The lowest BCUT2D eigenvalue weighted by Crippen LogP contribution is -2.38. The highest BCUT2D eigenvalue weighted by molar-refractivity contribution is 7.91. The van der Waals surface area contributed by atoms with E-state index >= 15 is 0 Å². The first-order chi connectivity index (χ1) is 14.4. The molecule has 1 aromatic heterocycles. The van der Waals surface area contributed by atoms with Gasteiger partial charge in [-0.1, -0.05) is 6.07 Å². The van der Waals surface area contributed by atoms with E-state index in [-0.39, 0.29) is 0 Å². The Morgan fingerprint density at radius 3 is 2.43 bits per heavy atom. The Morgan fingerprint density at radius 2 is 1.73 bits per heavy atom. The van der Waals surface area contributed by atoms with Crippen molar-refractivity contribution >= 4 is 38.5 Å². The van der Waals surface area contributed by atoms with Gasteiger partial charge in [-0.3, -0.25) is 9.40 Å². The first-order valence-electron chi connectivity index (χ1n) is 10.1. The van der Waals surface area contributed by atoms with Crippen LogP contribution in [-0.4, -0.2) is 24.2 Å². The summed E-state index contributed by atoms with van der Waals surface area (Å²) in [6, 6.07) is 6.60. The molecule has 9 heteroatoms. The molecule has 2 aromatic carbocycles. The fraction of sp³-hybridized carbons (Fsp3) is 0.333. The van der Waals surface area contributed by atoms with Gasteiger partial charge in [0, 0.05) is 18.1 Å². The van der Waals surface area contributed by atoms with Gasteiger partial charge in [0.15, 0.2) is 0 Å². The number of anilines is 2. The van der Waals surface area contributed by atoms with Crippen LogP contribution in [0.2, 0.25) is 0 Å². The topological polar surface area (TPSA) is 105 Å². The van der Waals surface area contributed by atoms with Crippen molar-refractivity contribution < 1.29 is 13.2 Å². The fourth-order valence-electron chi connectivity index (χ4n) is 4.64. The van der Waals surface area contributed by atoms with Crippen molar-refractivity contribution in [2.75, 3.05) is 10.0 Å². The number of aryl methyl sites for hydroxylation is 3. The number of amides is 2. The second kappa shape index (κ2) is 7.02. The highest BCUT2D eigenvalue weighted by Crippen LogP contribution is 2.38. The molecule has 0 saturated heterocycles. The Labute approximate surface area is 174 Å². The Kier molecular flexibility index (Phi) is 4.43. The summed E-state index contributed by atoms with van der Waals surface area (Å²) in [7, 11) is -2.27. The first kappa shape index (κ1) is 18.9. The minimum absolute atomic E-state index is 0.359. The minimum Gasteiger partial charge on any atom is -0.307 e. The van der Waals surface area contributed by atoms with Crippen molar-refractivity contribution in [3.8, 4) is 0 Å². The lowest BCUT2D eigenvalue weighted by Gasteiger charge is -2.17. The normalized spacial score (nSPS) is 15.1. The maximum absolute atomic E-state index is 12.6. The molecule has 8 nitrogen and oxygen atoms in total. The number of carbonyl (C=O) groups excluding carboxylic acids is 1. The Hall–Kier alpha value is -3.07. The molecule has 2 amide bonds. The molecule has 5 rings (SSSR count). The molecule has 1 heterocycles. The fourth-order valence-corrected chi connectivity index (χ4v) is 5.42. The highest BCUT2D eigenvalue weighted by Gasteiger charge is 2.26. The van der Waals surface area contributed by atoms with Gasteiger partial charge >= 0.3 is 16.2 Å². The number of benzene rings is 2. The molecule has 0 bridgehead atoms. The average molecular weight is 426 g/mol. The van der Waals surface area contributed by atoms with Gasteiger partial charge in [0.1, 0.15) is 0 Å². The Morgan fingerprint density at radius 1 is 1.03 bits per heavy atom. The molecular weight excluding hydrogens is 402 g/mol. The van der Waals surface area contributed by atoms with Gasteiger partial charge in [-0.2, -0.15) is 13.5 Å². The molecule has 2 aliphatic rings. The van der Waals surface area contributed by atoms with Crippen LogP contribution < -0.4 is 14.8 Å². The lowest BCUT2D eigenvalue weighted by molar-refractivity contribution is 0.256. The van der Waals surface area contributed by atoms with Gasteiger partial charge in [-0.25, -0.2) is 9.52 Å². The standard InChI is InChI=1S/C21H23N5O3S/c1-26-19-9-8-16(11-15(19)12-22-26)24-30(28,29)25-21(27)23-20-17-6-2-4-13(17)10-14-5-3-7-18(14)20/h8-12,24H,2-7H2,1H3,(H2,23,25,27). The van der Waals surface area contributed by atoms with E-state index < -0.39 is 16.2 Å². The SMILES string of the molecule is Cn1ncc2cc(NS(=O)(=O)NC(=O)Nc3c4c(cc5c3CCC5)CCC4)ccc21. The molecule has 0 unspecified atom stereocenters. The molecule has 3 N–H and O–H groups in total. The van der Waals surface area contributed by atoms with Gasteiger partial charge in [-0.05, 0) is 79.0 Å². The number of carbonyl (C=O) groups is 1. The molecule has 156 valence electrons. The number of nitrogens with zero attached hydrogens (tertiary/aromatic N) is 2. The zero-order chi connectivity index (χ0) is 20.9. The van der Waals surface area contributed by atoms with Crippen molar-refractivity contribution in [2.45, 2.75) is 38.5 Å². The second-order valence-electron chi connectivity index (χ2n) is 7.94. The highest BCUT2D eigenvalue weighted by atomic mass is 32.2. The van der Waals surface area contributed by atoms with Crippen molar-refractivity contribution in [3.05, 3.63) is 52.7 Å². The van der Waals surface area contributed by atoms with E-state index in [0.29, 0.717) is 5.69 Å². The summed E-state index contributed by atoms with van der Waals surface area (Å²) < 4.78 is 31.2. The van der Waals surface area contributed by atoms with Crippen LogP contribution in [0, 0.1) is 0 Å². The molecule has 0 spiro atoms. The summed E-state index contributed by atoms with van der Waals surface area (Å²) in [6.07, 6.45) is 7.62. The van der Waals surface area contributed by atoms with Gasteiger partial charge in [0.05, 0.1) is 17.4 Å². The molecule has 3 aromatic rings.